The van der Waals surface area contributed by atoms with E-state index < -0.39 is 20.0 Å². The van der Waals surface area contributed by atoms with E-state index >= 15 is 0 Å². The van der Waals surface area contributed by atoms with E-state index in [0.717, 1.165) is 12.0 Å². The van der Waals surface area contributed by atoms with Gasteiger partial charge in [0.25, 0.3) is 0 Å². The Labute approximate surface area is 201 Å². The van der Waals surface area contributed by atoms with Crippen LogP contribution in [0, 0.1) is 5.82 Å². The van der Waals surface area contributed by atoms with E-state index in [-0.39, 0.29) is 23.0 Å². The summed E-state index contributed by atoms with van der Waals surface area (Å²) in [6.07, 6.45) is 1.87. The number of sulfonamides is 2. The first kappa shape index (κ1) is 26.4. The molecule has 0 bridgehead atoms. The lowest BCUT2D eigenvalue weighted by molar-refractivity contribution is 0.377. The summed E-state index contributed by atoms with van der Waals surface area (Å²) in [7, 11) is -5.55. The summed E-state index contributed by atoms with van der Waals surface area (Å²) in [4.78, 5) is 2.04. The number of rotatable bonds is 11. The predicted octanol–water partition coefficient (Wildman–Crippen LogP) is 2.61. The predicted molar refractivity (Wildman–Crippen MR) is 131 cm³/mol. The van der Waals surface area contributed by atoms with Gasteiger partial charge in [0.15, 0.2) is 0 Å². The fourth-order valence-electron chi connectivity index (χ4n) is 3.81. The van der Waals surface area contributed by atoms with Gasteiger partial charge in [0.05, 0.1) is 23.4 Å². The first-order valence-corrected chi connectivity index (χ1v) is 14.4. The molecule has 0 unspecified atom stereocenters. The SMILES string of the molecule is CCCCS(=O)(=O)N1CCN(c2cc(S(=O)(=O)NCCc3ccc(F)cc3)ccc2OC)CC1. The molecule has 11 heteroatoms. The number of piperazine rings is 1. The first-order chi connectivity index (χ1) is 16.2. The summed E-state index contributed by atoms with van der Waals surface area (Å²) in [5.41, 5.74) is 1.43. The molecule has 1 fully saturated rings. The highest BCUT2D eigenvalue weighted by atomic mass is 32.2. The Morgan fingerprint density at radius 1 is 1.00 bits per heavy atom. The maximum atomic E-state index is 13.0. The van der Waals surface area contributed by atoms with Crippen LogP contribution in [0.25, 0.3) is 0 Å². The Morgan fingerprint density at radius 2 is 1.68 bits per heavy atom. The average Bonchev–Trinajstić information content (AvgIpc) is 2.83. The second kappa shape index (κ2) is 11.5. The largest absolute Gasteiger partial charge is 0.495 e. The van der Waals surface area contributed by atoms with E-state index in [1.54, 1.807) is 24.3 Å². The van der Waals surface area contributed by atoms with E-state index in [9.17, 15) is 21.2 Å². The highest BCUT2D eigenvalue weighted by molar-refractivity contribution is 7.89. The van der Waals surface area contributed by atoms with Crippen LogP contribution in [0.15, 0.2) is 47.4 Å². The fraction of sp³-hybridized carbons (Fsp3) is 0.478. The van der Waals surface area contributed by atoms with Crippen LogP contribution in [0.1, 0.15) is 25.3 Å². The van der Waals surface area contributed by atoms with Gasteiger partial charge in [-0.15, -0.1) is 0 Å². The molecule has 1 aliphatic heterocycles. The highest BCUT2D eigenvalue weighted by Crippen LogP contribution is 2.32. The van der Waals surface area contributed by atoms with Gasteiger partial charge < -0.3 is 9.64 Å². The van der Waals surface area contributed by atoms with Crippen molar-refractivity contribution in [3.63, 3.8) is 0 Å². The molecule has 188 valence electrons. The maximum absolute atomic E-state index is 13.0. The van der Waals surface area contributed by atoms with Crippen LogP contribution in [0.2, 0.25) is 0 Å². The molecule has 8 nitrogen and oxygen atoms in total. The molecule has 3 rings (SSSR count). The molecule has 0 aromatic heterocycles. The number of anilines is 1. The quantitative estimate of drug-likeness (QED) is 0.496. The van der Waals surface area contributed by atoms with Gasteiger partial charge in [-0.3, -0.25) is 0 Å². The molecule has 2 aromatic rings. The summed E-state index contributed by atoms with van der Waals surface area (Å²) < 4.78 is 73.3. The van der Waals surface area contributed by atoms with Gasteiger partial charge in [-0.25, -0.2) is 25.9 Å². The molecule has 1 saturated heterocycles. The van der Waals surface area contributed by atoms with Gasteiger partial charge in [-0.1, -0.05) is 25.5 Å². The normalized spacial score (nSPS) is 15.4. The number of benzene rings is 2. The summed E-state index contributed by atoms with van der Waals surface area (Å²) >= 11 is 0. The van der Waals surface area contributed by atoms with Gasteiger partial charge >= 0.3 is 0 Å². The zero-order valence-electron chi connectivity index (χ0n) is 19.5. The van der Waals surface area contributed by atoms with E-state index in [4.69, 9.17) is 4.74 Å². The molecule has 0 radical (unpaired) electrons. The molecular weight excluding hydrogens is 481 g/mol. The minimum Gasteiger partial charge on any atom is -0.495 e. The molecule has 1 heterocycles. The third-order valence-corrected chi connectivity index (χ3v) is 9.22. The molecule has 0 saturated carbocycles. The van der Waals surface area contributed by atoms with Crippen molar-refractivity contribution in [3.8, 4) is 5.75 Å². The lowest BCUT2D eigenvalue weighted by Crippen LogP contribution is -2.49. The van der Waals surface area contributed by atoms with Gasteiger partial charge in [0, 0.05) is 32.7 Å². The van der Waals surface area contributed by atoms with Crippen molar-refractivity contribution in [2.24, 2.45) is 0 Å². The third kappa shape index (κ3) is 6.68. The topological polar surface area (TPSA) is 96.0 Å². The monoisotopic (exact) mass is 513 g/mol. The number of hydrogen-bond donors (Lipinski definition) is 1. The highest BCUT2D eigenvalue weighted by Gasteiger charge is 2.28. The van der Waals surface area contributed by atoms with Crippen molar-refractivity contribution < 1.29 is 26.0 Å². The lowest BCUT2D eigenvalue weighted by Gasteiger charge is -2.36. The molecule has 0 spiro atoms. The zero-order chi connectivity index (χ0) is 24.8. The average molecular weight is 514 g/mol. The minimum absolute atomic E-state index is 0.0976. The van der Waals surface area contributed by atoms with Crippen molar-refractivity contribution in [1.29, 1.82) is 0 Å². The van der Waals surface area contributed by atoms with E-state index in [1.165, 1.54) is 29.6 Å². The number of ether oxygens (including phenoxy) is 1. The molecule has 0 amide bonds. The number of nitrogens with zero attached hydrogens (tertiary/aromatic N) is 2. The molecule has 1 N–H and O–H groups in total. The van der Waals surface area contributed by atoms with Crippen LogP contribution in [-0.4, -0.2) is 66.7 Å². The Kier molecular flexibility index (Phi) is 8.91. The van der Waals surface area contributed by atoms with Crippen LogP contribution < -0.4 is 14.4 Å². The van der Waals surface area contributed by atoms with Crippen molar-refractivity contribution in [3.05, 3.63) is 53.8 Å². The number of methoxy groups -OCH3 is 1. The van der Waals surface area contributed by atoms with E-state index in [2.05, 4.69) is 4.72 Å². The first-order valence-electron chi connectivity index (χ1n) is 11.3. The Bertz CT molecular complexity index is 1160. The number of hydrogen-bond acceptors (Lipinski definition) is 6. The molecule has 1 aliphatic rings. The van der Waals surface area contributed by atoms with Crippen LogP contribution >= 0.6 is 0 Å². The van der Waals surface area contributed by atoms with E-state index in [0.29, 0.717) is 50.5 Å². The van der Waals surface area contributed by atoms with Crippen LogP contribution in [0.3, 0.4) is 0 Å². The second-order valence-corrected chi connectivity index (χ2v) is 12.0. The van der Waals surface area contributed by atoms with Crippen LogP contribution in [-0.2, 0) is 26.5 Å². The zero-order valence-corrected chi connectivity index (χ0v) is 21.2. The fourth-order valence-corrected chi connectivity index (χ4v) is 6.49. The van der Waals surface area contributed by atoms with Crippen molar-refractivity contribution in [2.75, 3.05) is 50.5 Å². The third-order valence-electron chi connectivity index (χ3n) is 5.81. The summed E-state index contributed by atoms with van der Waals surface area (Å²) in [5, 5.41) is 0. The van der Waals surface area contributed by atoms with Crippen LogP contribution in [0.4, 0.5) is 10.1 Å². The smallest absolute Gasteiger partial charge is 0.240 e. The second-order valence-electron chi connectivity index (χ2n) is 8.16. The Balaban J connectivity index is 1.68. The lowest BCUT2D eigenvalue weighted by atomic mass is 10.1. The molecule has 0 aliphatic carbocycles. The van der Waals surface area contributed by atoms with Crippen molar-refractivity contribution in [1.82, 2.24) is 9.03 Å². The van der Waals surface area contributed by atoms with Crippen molar-refractivity contribution >= 4 is 25.7 Å². The molecule has 2 aromatic carbocycles. The van der Waals surface area contributed by atoms with Gasteiger partial charge in [-0.05, 0) is 48.7 Å². The van der Waals surface area contributed by atoms with Gasteiger partial charge in [0.2, 0.25) is 20.0 Å². The molecule has 0 atom stereocenters. The number of unbranched alkanes of at least 4 members (excludes halogenated alkanes) is 1. The van der Waals surface area contributed by atoms with Gasteiger partial charge in [-0.2, -0.15) is 4.31 Å². The standard InChI is InChI=1S/C23H32FN3O5S2/c1-3-4-17-33(28,29)27-15-13-26(14-16-27)22-18-21(9-10-23(22)32-2)34(30,31)25-12-11-19-5-7-20(24)8-6-19/h5-10,18,25H,3-4,11-17H2,1-2H3. The molecular formula is C23H32FN3O5S2. The minimum atomic E-state index is -3.78. The van der Waals surface area contributed by atoms with E-state index in [1.807, 2.05) is 11.8 Å². The Hall–Kier alpha value is -2.21. The number of nitrogens with one attached hydrogen (secondary N) is 1. The summed E-state index contributed by atoms with van der Waals surface area (Å²) in [5.74, 6) is 0.325. The maximum Gasteiger partial charge on any atom is 0.240 e. The summed E-state index contributed by atoms with van der Waals surface area (Å²) in [6, 6.07) is 10.6. The number of halogens is 1. The summed E-state index contributed by atoms with van der Waals surface area (Å²) in [6.45, 7) is 3.67. The van der Waals surface area contributed by atoms with Crippen molar-refractivity contribution in [2.45, 2.75) is 31.1 Å². The van der Waals surface area contributed by atoms with Crippen LogP contribution in [0.5, 0.6) is 5.75 Å². The Morgan fingerprint density at radius 3 is 2.29 bits per heavy atom. The molecule has 34 heavy (non-hydrogen) atoms. The van der Waals surface area contributed by atoms with Gasteiger partial charge in [0.1, 0.15) is 11.6 Å².